The minimum absolute atomic E-state index is 0.0606. The van der Waals surface area contributed by atoms with E-state index < -0.39 is 5.91 Å². The molecule has 1 saturated heterocycles. The number of hydrogen-bond acceptors (Lipinski definition) is 5. The first-order valence-corrected chi connectivity index (χ1v) is 10.8. The van der Waals surface area contributed by atoms with Crippen LogP contribution in [0, 0.1) is 0 Å². The molecule has 1 atom stereocenters. The van der Waals surface area contributed by atoms with Crippen molar-refractivity contribution in [1.82, 2.24) is 4.90 Å². The number of nitrogens with zero attached hydrogens (tertiary/aromatic N) is 1. The van der Waals surface area contributed by atoms with Crippen molar-refractivity contribution >= 4 is 39.5 Å². The van der Waals surface area contributed by atoms with Crippen LogP contribution in [0.3, 0.4) is 0 Å². The Balaban J connectivity index is 1.48. The standard InChI is InChI=1S/C19H23N3O2S2/c20-18(24)17-12-5-1-2-7-14(12)26-19(17)21-16(23)11-22-9-3-6-13(22)15-8-4-10-25-15/h4,8,10,13H,1-3,5-7,9,11H2,(H2,20,24)(H,21,23). The lowest BCUT2D eigenvalue weighted by atomic mass is 9.95. The summed E-state index contributed by atoms with van der Waals surface area (Å²) in [5.41, 5.74) is 7.21. The summed E-state index contributed by atoms with van der Waals surface area (Å²) in [6, 6.07) is 4.53. The number of anilines is 1. The summed E-state index contributed by atoms with van der Waals surface area (Å²) < 4.78 is 0. The highest BCUT2D eigenvalue weighted by molar-refractivity contribution is 7.17. The third kappa shape index (κ3) is 3.43. The Labute approximate surface area is 161 Å². The summed E-state index contributed by atoms with van der Waals surface area (Å²) in [6.45, 7) is 1.28. The molecule has 0 aromatic carbocycles. The van der Waals surface area contributed by atoms with Gasteiger partial charge in [0.2, 0.25) is 5.91 Å². The van der Waals surface area contributed by atoms with E-state index >= 15 is 0 Å². The fourth-order valence-corrected chi connectivity index (χ4v) is 6.29. The van der Waals surface area contributed by atoms with Crippen LogP contribution in [-0.2, 0) is 17.6 Å². The van der Waals surface area contributed by atoms with Gasteiger partial charge in [0.15, 0.2) is 0 Å². The number of nitrogens with one attached hydrogen (secondary N) is 1. The zero-order valence-corrected chi connectivity index (χ0v) is 16.3. The molecule has 1 aliphatic carbocycles. The van der Waals surface area contributed by atoms with E-state index in [1.807, 2.05) is 0 Å². The molecule has 2 aromatic rings. The maximum absolute atomic E-state index is 12.7. The van der Waals surface area contributed by atoms with E-state index in [2.05, 4.69) is 27.7 Å². The van der Waals surface area contributed by atoms with Crippen molar-refractivity contribution in [1.29, 1.82) is 0 Å². The second-order valence-corrected chi connectivity index (χ2v) is 9.06. The number of thiophene rings is 2. The zero-order chi connectivity index (χ0) is 18.1. The molecule has 3 N–H and O–H groups in total. The number of primary amides is 1. The van der Waals surface area contributed by atoms with Crippen molar-refractivity contribution in [2.45, 2.75) is 44.6 Å². The van der Waals surface area contributed by atoms with Crippen LogP contribution in [0.15, 0.2) is 17.5 Å². The van der Waals surface area contributed by atoms with Gasteiger partial charge >= 0.3 is 0 Å². The van der Waals surface area contributed by atoms with Crippen LogP contribution in [0.4, 0.5) is 5.00 Å². The lowest BCUT2D eigenvalue weighted by molar-refractivity contribution is -0.117. The van der Waals surface area contributed by atoms with Crippen LogP contribution in [0.25, 0.3) is 0 Å². The molecule has 138 valence electrons. The summed E-state index contributed by atoms with van der Waals surface area (Å²) in [7, 11) is 0. The summed E-state index contributed by atoms with van der Waals surface area (Å²) in [5, 5.41) is 5.71. The highest BCUT2D eigenvalue weighted by Crippen LogP contribution is 2.38. The number of nitrogens with two attached hydrogens (primary N) is 1. The van der Waals surface area contributed by atoms with E-state index in [-0.39, 0.29) is 5.91 Å². The van der Waals surface area contributed by atoms with Crippen molar-refractivity contribution < 1.29 is 9.59 Å². The highest BCUT2D eigenvalue weighted by atomic mass is 32.1. The largest absolute Gasteiger partial charge is 0.365 e. The van der Waals surface area contributed by atoms with Crippen LogP contribution >= 0.6 is 22.7 Å². The van der Waals surface area contributed by atoms with E-state index in [0.717, 1.165) is 50.6 Å². The Bertz CT molecular complexity index is 813. The van der Waals surface area contributed by atoms with Crippen LogP contribution in [-0.4, -0.2) is 29.8 Å². The number of fused-ring (bicyclic) bond motifs is 1. The van der Waals surface area contributed by atoms with E-state index in [0.29, 0.717) is 23.2 Å². The highest BCUT2D eigenvalue weighted by Gasteiger charge is 2.29. The SMILES string of the molecule is NC(=O)c1c(NC(=O)CN2CCCC2c2cccs2)sc2c1CCCC2. The first kappa shape index (κ1) is 17.7. The van der Waals surface area contributed by atoms with Gasteiger partial charge in [0.1, 0.15) is 5.00 Å². The predicted molar refractivity (Wildman–Crippen MR) is 106 cm³/mol. The van der Waals surface area contributed by atoms with Crippen LogP contribution in [0.1, 0.15) is 57.4 Å². The molecule has 26 heavy (non-hydrogen) atoms. The molecule has 4 rings (SSSR count). The molecular formula is C19H23N3O2S2. The van der Waals surface area contributed by atoms with Gasteiger partial charge in [0, 0.05) is 15.8 Å². The third-order valence-electron chi connectivity index (χ3n) is 5.25. The molecule has 1 aliphatic heterocycles. The minimum atomic E-state index is -0.433. The summed E-state index contributed by atoms with van der Waals surface area (Å²) in [4.78, 5) is 29.4. The van der Waals surface area contributed by atoms with Gasteiger partial charge in [-0.2, -0.15) is 0 Å². The first-order valence-electron chi connectivity index (χ1n) is 9.15. The van der Waals surface area contributed by atoms with E-state index in [1.165, 1.54) is 21.1 Å². The van der Waals surface area contributed by atoms with Gasteiger partial charge in [-0.3, -0.25) is 14.5 Å². The van der Waals surface area contributed by atoms with Crippen molar-refractivity contribution in [2.75, 3.05) is 18.4 Å². The van der Waals surface area contributed by atoms with Crippen molar-refractivity contribution in [2.24, 2.45) is 5.73 Å². The number of aryl methyl sites for hydroxylation is 1. The molecule has 2 aromatic heterocycles. The molecule has 1 fully saturated rings. The van der Waals surface area contributed by atoms with Gasteiger partial charge in [0.05, 0.1) is 12.1 Å². The van der Waals surface area contributed by atoms with E-state index in [4.69, 9.17) is 5.73 Å². The molecule has 5 nitrogen and oxygen atoms in total. The fourth-order valence-electron chi connectivity index (χ4n) is 4.08. The van der Waals surface area contributed by atoms with Crippen molar-refractivity contribution in [3.8, 4) is 0 Å². The van der Waals surface area contributed by atoms with Crippen LogP contribution in [0.2, 0.25) is 0 Å². The first-order chi connectivity index (χ1) is 12.6. The number of carbonyl (C=O) groups excluding carboxylic acids is 2. The van der Waals surface area contributed by atoms with Crippen LogP contribution in [0.5, 0.6) is 0 Å². The smallest absolute Gasteiger partial charge is 0.251 e. The van der Waals surface area contributed by atoms with Gasteiger partial charge in [0.25, 0.3) is 5.91 Å². The Morgan fingerprint density at radius 3 is 2.88 bits per heavy atom. The zero-order valence-electron chi connectivity index (χ0n) is 14.6. The average molecular weight is 390 g/mol. The van der Waals surface area contributed by atoms with Gasteiger partial charge in [-0.05, 0) is 62.1 Å². The molecule has 2 aliphatic rings. The Kier molecular flexibility index (Phi) is 5.11. The summed E-state index contributed by atoms with van der Waals surface area (Å²) >= 11 is 3.27. The number of amides is 2. The second-order valence-electron chi connectivity index (χ2n) is 6.97. The van der Waals surface area contributed by atoms with E-state index in [9.17, 15) is 9.59 Å². The molecule has 1 unspecified atom stereocenters. The summed E-state index contributed by atoms with van der Waals surface area (Å²) in [6.07, 6.45) is 6.27. The molecule has 0 saturated carbocycles. The number of hydrogen-bond donors (Lipinski definition) is 2. The lowest BCUT2D eigenvalue weighted by Gasteiger charge is -2.22. The Morgan fingerprint density at radius 1 is 1.27 bits per heavy atom. The maximum Gasteiger partial charge on any atom is 0.251 e. The fraction of sp³-hybridized carbons (Fsp3) is 0.474. The van der Waals surface area contributed by atoms with Crippen molar-refractivity contribution in [3.05, 3.63) is 38.4 Å². The summed E-state index contributed by atoms with van der Waals surface area (Å²) in [5.74, 6) is -0.494. The van der Waals surface area contributed by atoms with Gasteiger partial charge in [-0.1, -0.05) is 6.07 Å². The number of rotatable bonds is 5. The second kappa shape index (κ2) is 7.50. The topological polar surface area (TPSA) is 75.4 Å². The molecular weight excluding hydrogens is 366 g/mol. The minimum Gasteiger partial charge on any atom is -0.365 e. The van der Waals surface area contributed by atoms with Gasteiger partial charge < -0.3 is 11.1 Å². The van der Waals surface area contributed by atoms with Crippen LogP contribution < -0.4 is 11.1 Å². The normalized spacial score (nSPS) is 20.1. The molecule has 3 heterocycles. The molecule has 0 radical (unpaired) electrons. The maximum atomic E-state index is 12.7. The monoisotopic (exact) mass is 389 g/mol. The van der Waals surface area contributed by atoms with Gasteiger partial charge in [-0.25, -0.2) is 0 Å². The Morgan fingerprint density at radius 2 is 2.12 bits per heavy atom. The lowest BCUT2D eigenvalue weighted by Crippen LogP contribution is -2.33. The van der Waals surface area contributed by atoms with Gasteiger partial charge in [-0.15, -0.1) is 22.7 Å². The van der Waals surface area contributed by atoms with Crippen molar-refractivity contribution in [3.63, 3.8) is 0 Å². The molecule has 0 bridgehead atoms. The third-order valence-corrected chi connectivity index (χ3v) is 7.43. The molecule has 0 spiro atoms. The predicted octanol–water partition coefficient (Wildman–Crippen LogP) is 3.56. The Hall–Kier alpha value is -1.70. The quantitative estimate of drug-likeness (QED) is 0.821. The molecule has 7 heteroatoms. The van der Waals surface area contributed by atoms with E-state index in [1.54, 1.807) is 11.3 Å². The number of likely N-dealkylation sites (tertiary alicyclic amines) is 1. The number of carbonyl (C=O) groups is 2. The average Bonchev–Trinajstić information content (AvgIpc) is 3.33. The molecule has 2 amide bonds.